The van der Waals surface area contributed by atoms with Crippen LogP contribution < -0.4 is 15.4 Å². The van der Waals surface area contributed by atoms with Gasteiger partial charge in [-0.2, -0.15) is 0 Å². The molecule has 0 bridgehead atoms. The molecule has 0 radical (unpaired) electrons. The predicted octanol–water partition coefficient (Wildman–Crippen LogP) is 2.35. The third-order valence-electron chi connectivity index (χ3n) is 3.38. The van der Waals surface area contributed by atoms with E-state index in [1.807, 2.05) is 38.1 Å². The average Bonchev–Trinajstić information content (AvgIpc) is 2.56. The molecule has 0 spiro atoms. The highest BCUT2D eigenvalue weighted by Gasteiger charge is 2.13. The summed E-state index contributed by atoms with van der Waals surface area (Å²) in [6, 6.07) is 7.91. The maximum absolute atomic E-state index is 11.4. The molecule has 6 nitrogen and oxygen atoms in total. The highest BCUT2D eigenvalue weighted by molar-refractivity contribution is 14.0. The van der Waals surface area contributed by atoms with E-state index in [0.29, 0.717) is 19.0 Å². The fourth-order valence-electron chi connectivity index (χ4n) is 1.94. The Morgan fingerprint density at radius 2 is 1.83 bits per heavy atom. The number of aliphatic imine (C=N–C) groups is 1. The SMILES string of the molecule is CN=C(NCC(C)Oc1ccccc1C)NCC(C)C(=O)OC.I. The number of hydrogen-bond acceptors (Lipinski definition) is 4. The van der Waals surface area contributed by atoms with Crippen molar-refractivity contribution in [1.82, 2.24) is 10.6 Å². The number of nitrogens with zero attached hydrogens (tertiary/aromatic N) is 1. The summed E-state index contributed by atoms with van der Waals surface area (Å²) in [6.45, 7) is 6.87. The molecular formula is C17H28IN3O3. The highest BCUT2D eigenvalue weighted by Crippen LogP contribution is 2.17. The number of methoxy groups -OCH3 is 1. The number of hydrogen-bond donors (Lipinski definition) is 2. The maximum Gasteiger partial charge on any atom is 0.310 e. The zero-order chi connectivity index (χ0) is 17.2. The number of ether oxygens (including phenoxy) is 2. The molecule has 7 heteroatoms. The molecule has 2 atom stereocenters. The number of halogens is 1. The van der Waals surface area contributed by atoms with Crippen molar-refractivity contribution in [1.29, 1.82) is 0 Å². The molecule has 0 aliphatic heterocycles. The molecule has 2 unspecified atom stereocenters. The Morgan fingerprint density at radius 3 is 2.42 bits per heavy atom. The van der Waals surface area contributed by atoms with Crippen LogP contribution in [0.4, 0.5) is 0 Å². The summed E-state index contributed by atoms with van der Waals surface area (Å²) in [4.78, 5) is 15.5. The Labute approximate surface area is 161 Å². The summed E-state index contributed by atoms with van der Waals surface area (Å²) in [6.07, 6.45) is -0.0207. The standard InChI is InChI=1S/C17H27N3O3.HI/c1-12-8-6-7-9-15(12)23-14(3)11-20-17(18-4)19-10-13(2)16(21)22-5;/h6-9,13-14H,10-11H2,1-5H3,(H2,18,19,20);1H. The van der Waals surface area contributed by atoms with Crippen LogP contribution in [0.25, 0.3) is 0 Å². The van der Waals surface area contributed by atoms with Crippen molar-refractivity contribution in [3.8, 4) is 5.75 Å². The van der Waals surface area contributed by atoms with Gasteiger partial charge in [0, 0.05) is 13.6 Å². The van der Waals surface area contributed by atoms with E-state index < -0.39 is 0 Å². The molecule has 2 N–H and O–H groups in total. The smallest absolute Gasteiger partial charge is 0.310 e. The second-order valence-corrected chi connectivity index (χ2v) is 5.45. The van der Waals surface area contributed by atoms with Gasteiger partial charge in [-0.05, 0) is 25.5 Å². The molecule has 0 saturated heterocycles. The third kappa shape index (κ3) is 7.85. The molecule has 0 saturated carbocycles. The maximum atomic E-state index is 11.4. The van der Waals surface area contributed by atoms with Gasteiger partial charge in [0.05, 0.1) is 19.6 Å². The minimum atomic E-state index is -0.246. The predicted molar refractivity (Wildman–Crippen MR) is 107 cm³/mol. The van der Waals surface area contributed by atoms with Gasteiger partial charge in [0.15, 0.2) is 5.96 Å². The van der Waals surface area contributed by atoms with Crippen LogP contribution >= 0.6 is 24.0 Å². The molecule has 1 aromatic carbocycles. The first-order chi connectivity index (χ1) is 11.0. The quantitative estimate of drug-likeness (QED) is 0.290. The van der Waals surface area contributed by atoms with Gasteiger partial charge >= 0.3 is 5.97 Å². The summed E-state index contributed by atoms with van der Waals surface area (Å²) >= 11 is 0. The zero-order valence-electron chi connectivity index (χ0n) is 15.0. The second-order valence-electron chi connectivity index (χ2n) is 5.45. The highest BCUT2D eigenvalue weighted by atomic mass is 127. The van der Waals surface area contributed by atoms with Crippen LogP contribution in [0.1, 0.15) is 19.4 Å². The van der Waals surface area contributed by atoms with E-state index in [0.717, 1.165) is 11.3 Å². The van der Waals surface area contributed by atoms with Crippen molar-refractivity contribution in [3.05, 3.63) is 29.8 Å². The Balaban J connectivity index is 0.00000529. The van der Waals surface area contributed by atoms with E-state index in [-0.39, 0.29) is 42.0 Å². The van der Waals surface area contributed by atoms with Gasteiger partial charge in [0.25, 0.3) is 0 Å². The Bertz CT molecular complexity index is 538. The van der Waals surface area contributed by atoms with Crippen LogP contribution in [0.3, 0.4) is 0 Å². The molecule has 0 fully saturated rings. The number of carbonyl (C=O) groups excluding carboxylic acids is 1. The van der Waals surface area contributed by atoms with E-state index in [4.69, 9.17) is 9.47 Å². The number of para-hydroxylation sites is 1. The van der Waals surface area contributed by atoms with Gasteiger partial charge < -0.3 is 20.1 Å². The molecule has 0 amide bonds. The van der Waals surface area contributed by atoms with Crippen molar-refractivity contribution < 1.29 is 14.3 Å². The summed E-state index contributed by atoms with van der Waals surface area (Å²) in [5.41, 5.74) is 1.11. The first kappa shape index (κ1) is 22.5. The van der Waals surface area contributed by atoms with Crippen LogP contribution in [0, 0.1) is 12.8 Å². The molecule has 1 rings (SSSR count). The lowest BCUT2D eigenvalue weighted by molar-refractivity contribution is -0.144. The average molecular weight is 449 g/mol. The number of guanidine groups is 1. The van der Waals surface area contributed by atoms with Gasteiger partial charge in [0.2, 0.25) is 0 Å². The van der Waals surface area contributed by atoms with E-state index in [2.05, 4.69) is 15.6 Å². The van der Waals surface area contributed by atoms with E-state index >= 15 is 0 Å². The molecule has 24 heavy (non-hydrogen) atoms. The van der Waals surface area contributed by atoms with E-state index in [1.165, 1.54) is 7.11 Å². The molecule has 0 aliphatic rings. The van der Waals surface area contributed by atoms with Gasteiger partial charge in [-0.1, -0.05) is 25.1 Å². The molecule has 136 valence electrons. The largest absolute Gasteiger partial charge is 0.489 e. The first-order valence-corrected chi connectivity index (χ1v) is 7.72. The number of nitrogens with one attached hydrogen (secondary N) is 2. The van der Waals surface area contributed by atoms with Gasteiger partial charge in [0.1, 0.15) is 11.9 Å². The number of rotatable bonds is 7. The minimum Gasteiger partial charge on any atom is -0.489 e. The lowest BCUT2D eigenvalue weighted by Crippen LogP contribution is -2.44. The van der Waals surface area contributed by atoms with E-state index in [1.54, 1.807) is 14.0 Å². The molecular weight excluding hydrogens is 421 g/mol. The Morgan fingerprint density at radius 1 is 1.21 bits per heavy atom. The topological polar surface area (TPSA) is 72.0 Å². The second kappa shape index (κ2) is 11.9. The molecule has 0 aliphatic carbocycles. The zero-order valence-corrected chi connectivity index (χ0v) is 17.3. The van der Waals surface area contributed by atoms with Crippen LogP contribution in [0.15, 0.2) is 29.3 Å². The summed E-state index contributed by atoms with van der Waals surface area (Å²) in [5, 5.41) is 6.28. The number of carbonyl (C=O) groups is 1. The molecule has 0 heterocycles. The Kier molecular flexibility index (Phi) is 11.2. The number of aryl methyl sites for hydroxylation is 1. The fraction of sp³-hybridized carbons (Fsp3) is 0.529. The molecule has 1 aromatic rings. The van der Waals surface area contributed by atoms with Crippen LogP contribution in [0.5, 0.6) is 5.75 Å². The van der Waals surface area contributed by atoms with Crippen LogP contribution in [0.2, 0.25) is 0 Å². The van der Waals surface area contributed by atoms with Crippen molar-refractivity contribution in [3.63, 3.8) is 0 Å². The third-order valence-corrected chi connectivity index (χ3v) is 3.38. The van der Waals surface area contributed by atoms with Gasteiger partial charge in [-0.25, -0.2) is 0 Å². The summed E-state index contributed by atoms with van der Waals surface area (Å²) < 4.78 is 10.6. The molecule has 0 aromatic heterocycles. The van der Waals surface area contributed by atoms with Crippen LogP contribution in [-0.2, 0) is 9.53 Å². The van der Waals surface area contributed by atoms with E-state index in [9.17, 15) is 4.79 Å². The van der Waals surface area contributed by atoms with Gasteiger partial charge in [-0.3, -0.25) is 9.79 Å². The lowest BCUT2D eigenvalue weighted by Gasteiger charge is -2.19. The minimum absolute atomic E-state index is 0. The lowest BCUT2D eigenvalue weighted by atomic mass is 10.2. The van der Waals surface area contributed by atoms with Crippen molar-refractivity contribution in [2.45, 2.75) is 26.9 Å². The Hall–Kier alpha value is -1.51. The van der Waals surface area contributed by atoms with Crippen molar-refractivity contribution in [2.24, 2.45) is 10.9 Å². The first-order valence-electron chi connectivity index (χ1n) is 7.72. The number of benzene rings is 1. The number of esters is 1. The van der Waals surface area contributed by atoms with Crippen molar-refractivity contribution >= 4 is 35.9 Å². The monoisotopic (exact) mass is 449 g/mol. The van der Waals surface area contributed by atoms with Crippen LogP contribution in [-0.4, -0.2) is 45.3 Å². The summed E-state index contributed by atoms with van der Waals surface area (Å²) in [7, 11) is 3.07. The normalized spacial score (nSPS) is 13.3. The fourth-order valence-corrected chi connectivity index (χ4v) is 1.94. The van der Waals surface area contributed by atoms with Crippen molar-refractivity contribution in [2.75, 3.05) is 27.2 Å². The van der Waals surface area contributed by atoms with Gasteiger partial charge in [-0.15, -0.1) is 24.0 Å². The summed E-state index contributed by atoms with van der Waals surface area (Å²) in [5.74, 6) is 1.02.